The summed E-state index contributed by atoms with van der Waals surface area (Å²) in [6.07, 6.45) is 1.05. The number of para-hydroxylation sites is 2. The number of pyridine rings is 1. The van der Waals surface area contributed by atoms with E-state index >= 15 is 0 Å². The fourth-order valence-electron chi connectivity index (χ4n) is 5.28. The number of anilines is 4. The quantitative estimate of drug-likeness (QED) is 0.295. The summed E-state index contributed by atoms with van der Waals surface area (Å²) < 4.78 is 0. The predicted octanol–water partition coefficient (Wildman–Crippen LogP) is 7.54. The van der Waals surface area contributed by atoms with Crippen molar-refractivity contribution < 1.29 is 0 Å². The molecular formula is C29H29N3. The van der Waals surface area contributed by atoms with E-state index in [1.807, 2.05) is 0 Å². The van der Waals surface area contributed by atoms with Crippen molar-refractivity contribution in [2.24, 2.45) is 0 Å². The number of aromatic nitrogens is 1. The van der Waals surface area contributed by atoms with Crippen molar-refractivity contribution in [3.8, 4) is 11.1 Å². The van der Waals surface area contributed by atoms with E-state index in [2.05, 4.69) is 109 Å². The molecule has 0 spiro atoms. The smallest absolute Gasteiger partial charge is 0.108 e. The lowest BCUT2D eigenvalue weighted by Gasteiger charge is -2.31. The van der Waals surface area contributed by atoms with Crippen molar-refractivity contribution >= 4 is 22.7 Å². The monoisotopic (exact) mass is 419 g/mol. The van der Waals surface area contributed by atoms with Gasteiger partial charge >= 0.3 is 0 Å². The van der Waals surface area contributed by atoms with E-state index in [4.69, 9.17) is 4.98 Å². The van der Waals surface area contributed by atoms with Gasteiger partial charge in [0, 0.05) is 29.1 Å². The second-order valence-electron chi connectivity index (χ2n) is 8.58. The van der Waals surface area contributed by atoms with Crippen molar-refractivity contribution in [2.45, 2.75) is 40.8 Å². The Bertz CT molecular complexity index is 1310. The standard InChI is InChI=1S/C28H25N3.CH4/c1-18-9-7-8-12-26(18)31-20(3)30(21-10-5-4-6-11-21)27-16-15-22-23-14-13-19(2)29-25(23)17-24(22)28(27)31;/h4-16,20H,17H2,1-3H3;1H4/t20-;/m0./s1. The molecule has 4 aromatic rings. The molecule has 0 unspecified atom stereocenters. The third-order valence-corrected chi connectivity index (χ3v) is 6.67. The number of benzene rings is 3. The molecule has 1 atom stereocenters. The fourth-order valence-corrected chi connectivity index (χ4v) is 5.28. The molecule has 0 N–H and O–H groups in total. The van der Waals surface area contributed by atoms with Crippen molar-refractivity contribution in [3.63, 3.8) is 0 Å². The molecular weight excluding hydrogens is 390 g/mol. The molecule has 160 valence electrons. The van der Waals surface area contributed by atoms with Gasteiger partial charge in [-0.3, -0.25) is 4.98 Å². The topological polar surface area (TPSA) is 19.4 Å². The van der Waals surface area contributed by atoms with Crippen molar-refractivity contribution in [2.75, 3.05) is 9.80 Å². The van der Waals surface area contributed by atoms with Crippen LogP contribution in [0.4, 0.5) is 22.7 Å². The third kappa shape index (κ3) is 2.85. The highest BCUT2D eigenvalue weighted by molar-refractivity contribution is 5.96. The second kappa shape index (κ2) is 7.52. The van der Waals surface area contributed by atoms with E-state index < -0.39 is 0 Å². The average molecular weight is 420 g/mol. The number of hydrogen-bond acceptors (Lipinski definition) is 3. The zero-order valence-electron chi connectivity index (χ0n) is 18.1. The van der Waals surface area contributed by atoms with Crippen LogP contribution >= 0.6 is 0 Å². The van der Waals surface area contributed by atoms with Crippen LogP contribution in [0.1, 0.15) is 36.9 Å². The summed E-state index contributed by atoms with van der Waals surface area (Å²) in [5, 5.41) is 0. The van der Waals surface area contributed by atoms with Gasteiger partial charge in [0.2, 0.25) is 0 Å². The molecule has 3 aromatic carbocycles. The average Bonchev–Trinajstić information content (AvgIpc) is 3.28. The van der Waals surface area contributed by atoms with Crippen LogP contribution in [-0.2, 0) is 6.42 Å². The molecule has 3 nitrogen and oxygen atoms in total. The van der Waals surface area contributed by atoms with Gasteiger partial charge in [0.1, 0.15) is 6.17 Å². The number of aryl methyl sites for hydroxylation is 2. The molecule has 2 aliphatic rings. The third-order valence-electron chi connectivity index (χ3n) is 6.67. The van der Waals surface area contributed by atoms with E-state index in [0.29, 0.717) is 0 Å². The lowest BCUT2D eigenvalue weighted by Crippen LogP contribution is -2.35. The molecule has 0 amide bonds. The molecule has 0 saturated heterocycles. The molecule has 0 fully saturated rings. The summed E-state index contributed by atoms with van der Waals surface area (Å²) in [5.74, 6) is 0. The van der Waals surface area contributed by atoms with Crippen LogP contribution in [0.5, 0.6) is 0 Å². The normalized spacial score (nSPS) is 15.8. The minimum absolute atomic E-state index is 0. The summed E-state index contributed by atoms with van der Waals surface area (Å²) in [4.78, 5) is 9.86. The first-order valence-electron chi connectivity index (χ1n) is 11.0. The maximum Gasteiger partial charge on any atom is 0.108 e. The molecule has 2 heterocycles. The van der Waals surface area contributed by atoms with Crippen LogP contribution < -0.4 is 9.80 Å². The van der Waals surface area contributed by atoms with Crippen LogP contribution in [0.2, 0.25) is 0 Å². The van der Waals surface area contributed by atoms with E-state index in [0.717, 1.165) is 12.1 Å². The first-order valence-corrected chi connectivity index (χ1v) is 11.0. The highest BCUT2D eigenvalue weighted by atomic mass is 15.4. The summed E-state index contributed by atoms with van der Waals surface area (Å²) in [6, 6.07) is 28.4. The highest BCUT2D eigenvalue weighted by Crippen LogP contribution is 2.54. The van der Waals surface area contributed by atoms with Gasteiger partial charge in [-0.05, 0) is 67.8 Å². The molecule has 0 bridgehead atoms. The first kappa shape index (κ1) is 20.3. The summed E-state index contributed by atoms with van der Waals surface area (Å²) >= 11 is 0. The van der Waals surface area contributed by atoms with Gasteiger partial charge in [-0.2, -0.15) is 0 Å². The largest absolute Gasteiger partial charge is 0.319 e. The van der Waals surface area contributed by atoms with Crippen LogP contribution in [0.3, 0.4) is 0 Å². The maximum atomic E-state index is 4.87. The highest BCUT2D eigenvalue weighted by Gasteiger charge is 2.39. The molecule has 1 aromatic heterocycles. The molecule has 3 heteroatoms. The van der Waals surface area contributed by atoms with Crippen molar-refractivity contribution in [1.29, 1.82) is 0 Å². The Morgan fingerprint density at radius 1 is 0.750 bits per heavy atom. The Balaban J connectivity index is 0.00000216. The Hall–Kier alpha value is -3.59. The van der Waals surface area contributed by atoms with Gasteiger partial charge < -0.3 is 9.80 Å². The maximum absolute atomic E-state index is 4.87. The van der Waals surface area contributed by atoms with Crippen LogP contribution in [0, 0.1) is 13.8 Å². The van der Waals surface area contributed by atoms with Gasteiger partial charge in [-0.1, -0.05) is 56.0 Å². The molecule has 1 aliphatic heterocycles. The Morgan fingerprint density at radius 3 is 2.25 bits per heavy atom. The van der Waals surface area contributed by atoms with E-state index in [9.17, 15) is 0 Å². The Morgan fingerprint density at radius 2 is 1.47 bits per heavy atom. The number of rotatable bonds is 2. The second-order valence-corrected chi connectivity index (χ2v) is 8.58. The van der Waals surface area contributed by atoms with E-state index in [1.54, 1.807) is 0 Å². The number of fused-ring (bicyclic) bond motifs is 5. The summed E-state index contributed by atoms with van der Waals surface area (Å²) in [7, 11) is 0. The molecule has 0 saturated carbocycles. The Labute approximate surface area is 191 Å². The fraction of sp³-hybridized carbons (Fsp3) is 0.207. The summed E-state index contributed by atoms with van der Waals surface area (Å²) in [5.41, 5.74) is 12.6. The predicted molar refractivity (Wildman–Crippen MR) is 135 cm³/mol. The van der Waals surface area contributed by atoms with Gasteiger partial charge in [-0.15, -0.1) is 0 Å². The minimum atomic E-state index is 0. The SMILES string of the molecule is C.Cc1ccc2c(n1)Cc1c-2ccc2c1N(c1ccccc1C)[C@@H](C)N2c1ccccc1. The van der Waals surface area contributed by atoms with E-state index in [1.165, 1.54) is 50.7 Å². The van der Waals surface area contributed by atoms with E-state index in [-0.39, 0.29) is 13.6 Å². The van der Waals surface area contributed by atoms with Crippen LogP contribution in [0.15, 0.2) is 78.9 Å². The van der Waals surface area contributed by atoms with Crippen molar-refractivity contribution in [1.82, 2.24) is 4.98 Å². The lowest BCUT2D eigenvalue weighted by atomic mass is 10.0. The molecule has 1 aliphatic carbocycles. The molecule has 6 rings (SSSR count). The minimum Gasteiger partial charge on any atom is -0.319 e. The molecule has 32 heavy (non-hydrogen) atoms. The number of hydrogen-bond donors (Lipinski definition) is 0. The van der Waals surface area contributed by atoms with Crippen LogP contribution in [-0.4, -0.2) is 11.1 Å². The zero-order valence-corrected chi connectivity index (χ0v) is 18.1. The molecule has 0 radical (unpaired) electrons. The Kier molecular flexibility index (Phi) is 4.78. The van der Waals surface area contributed by atoms with Gasteiger partial charge in [0.15, 0.2) is 0 Å². The number of nitrogens with zero attached hydrogens (tertiary/aromatic N) is 3. The van der Waals surface area contributed by atoms with Crippen LogP contribution in [0.25, 0.3) is 11.1 Å². The van der Waals surface area contributed by atoms with Gasteiger partial charge in [0.25, 0.3) is 0 Å². The summed E-state index contributed by atoms with van der Waals surface area (Å²) in [6.45, 7) is 6.58. The van der Waals surface area contributed by atoms with Crippen molar-refractivity contribution in [3.05, 3.63) is 101 Å². The zero-order chi connectivity index (χ0) is 21.1. The van der Waals surface area contributed by atoms with Gasteiger partial charge in [0.05, 0.1) is 17.1 Å². The van der Waals surface area contributed by atoms with Gasteiger partial charge in [-0.25, -0.2) is 0 Å². The first-order chi connectivity index (χ1) is 15.1. The lowest BCUT2D eigenvalue weighted by molar-refractivity contribution is 0.758.